The number of anilines is 1. The molecule has 26 heavy (non-hydrogen) atoms. The van der Waals surface area contributed by atoms with Gasteiger partial charge in [0.15, 0.2) is 0 Å². The summed E-state index contributed by atoms with van der Waals surface area (Å²) in [5, 5.41) is 8.16. The predicted molar refractivity (Wildman–Crippen MR) is 107 cm³/mol. The van der Waals surface area contributed by atoms with Gasteiger partial charge in [-0.1, -0.05) is 24.8 Å². The molecule has 0 spiro atoms. The summed E-state index contributed by atoms with van der Waals surface area (Å²) in [4.78, 5) is 9.23. The molecule has 134 valence electrons. The van der Waals surface area contributed by atoms with Crippen LogP contribution in [0.5, 0.6) is 0 Å². The molecule has 4 rings (SSSR count). The van der Waals surface area contributed by atoms with E-state index in [1.165, 1.54) is 10.9 Å². The third-order valence-corrected chi connectivity index (χ3v) is 4.93. The fourth-order valence-corrected chi connectivity index (χ4v) is 3.97. The Hall–Kier alpha value is -2.82. The van der Waals surface area contributed by atoms with E-state index in [0.717, 1.165) is 29.8 Å². The zero-order valence-corrected chi connectivity index (χ0v) is 15.6. The van der Waals surface area contributed by atoms with E-state index in [2.05, 4.69) is 78.1 Å². The van der Waals surface area contributed by atoms with Crippen LogP contribution in [-0.4, -0.2) is 26.1 Å². The van der Waals surface area contributed by atoms with Crippen LogP contribution < -0.4 is 10.6 Å². The minimum Gasteiger partial charge on any atom is -0.384 e. The van der Waals surface area contributed by atoms with Crippen LogP contribution >= 0.6 is 0 Å². The molecule has 2 aromatic heterocycles. The number of nitrogens with zero attached hydrogens (tertiary/aromatic N) is 3. The highest BCUT2D eigenvalue weighted by molar-refractivity contribution is 5.95. The van der Waals surface area contributed by atoms with Gasteiger partial charge < -0.3 is 15.2 Å². The average molecular weight is 347 g/mol. The van der Waals surface area contributed by atoms with Crippen LogP contribution in [-0.2, 0) is 7.05 Å². The topological polar surface area (TPSA) is 54.8 Å². The summed E-state index contributed by atoms with van der Waals surface area (Å²) < 4.78 is 2.14. The van der Waals surface area contributed by atoms with Crippen LogP contribution in [0.4, 0.5) is 5.95 Å². The number of rotatable bonds is 3. The molecule has 0 radical (unpaired) electrons. The third-order valence-electron chi connectivity index (χ3n) is 4.93. The van der Waals surface area contributed by atoms with Crippen molar-refractivity contribution in [2.24, 2.45) is 7.05 Å². The van der Waals surface area contributed by atoms with E-state index >= 15 is 0 Å². The molecule has 0 saturated carbocycles. The maximum absolute atomic E-state index is 4.79. The van der Waals surface area contributed by atoms with E-state index in [1.807, 2.05) is 12.3 Å². The standard InChI is InChI=1S/C21H25N5/c1-14-11-15(12-21(2,3)25-14)23-20-22-10-9-18(24-20)17-13-26(4)19-8-6-5-7-16(17)19/h5-10,13,15,25H,1,11-12H2,2-4H3,(H,22,23,24). The third kappa shape index (κ3) is 3.17. The Balaban J connectivity index is 1.64. The van der Waals surface area contributed by atoms with Crippen molar-refractivity contribution in [3.8, 4) is 11.3 Å². The lowest BCUT2D eigenvalue weighted by atomic mass is 9.88. The van der Waals surface area contributed by atoms with Crippen LogP contribution in [0.3, 0.4) is 0 Å². The van der Waals surface area contributed by atoms with Gasteiger partial charge in [0.25, 0.3) is 0 Å². The van der Waals surface area contributed by atoms with Crippen LogP contribution in [0.15, 0.2) is 55.0 Å². The summed E-state index contributed by atoms with van der Waals surface area (Å²) in [6.07, 6.45) is 5.83. The van der Waals surface area contributed by atoms with Crippen LogP contribution in [0.2, 0.25) is 0 Å². The molecule has 1 unspecified atom stereocenters. The maximum Gasteiger partial charge on any atom is 0.223 e. The fourth-order valence-electron chi connectivity index (χ4n) is 3.97. The van der Waals surface area contributed by atoms with Crippen molar-refractivity contribution in [3.63, 3.8) is 0 Å². The Kier molecular flexibility index (Phi) is 3.94. The number of fused-ring (bicyclic) bond motifs is 1. The van der Waals surface area contributed by atoms with E-state index in [1.54, 1.807) is 0 Å². The van der Waals surface area contributed by atoms with Crippen molar-refractivity contribution >= 4 is 16.9 Å². The highest BCUT2D eigenvalue weighted by Crippen LogP contribution is 2.30. The first-order valence-electron chi connectivity index (χ1n) is 9.01. The lowest BCUT2D eigenvalue weighted by molar-refractivity contribution is 0.324. The van der Waals surface area contributed by atoms with Gasteiger partial charge in [0.05, 0.1) is 5.69 Å². The number of hydrogen-bond acceptors (Lipinski definition) is 4. The number of para-hydroxylation sites is 1. The molecule has 5 heteroatoms. The van der Waals surface area contributed by atoms with Crippen molar-refractivity contribution < 1.29 is 0 Å². The van der Waals surface area contributed by atoms with Crippen molar-refractivity contribution in [1.29, 1.82) is 0 Å². The van der Waals surface area contributed by atoms with Gasteiger partial charge in [0.2, 0.25) is 5.95 Å². The molecule has 0 amide bonds. The van der Waals surface area contributed by atoms with Gasteiger partial charge in [-0.25, -0.2) is 9.97 Å². The van der Waals surface area contributed by atoms with Crippen LogP contribution in [0.25, 0.3) is 22.2 Å². The SMILES string of the molecule is C=C1CC(Nc2nccc(-c3cn(C)c4ccccc34)n2)CC(C)(C)N1. The Morgan fingerprint density at radius 1 is 1.27 bits per heavy atom. The summed E-state index contributed by atoms with van der Waals surface area (Å²) in [6.45, 7) is 8.50. The van der Waals surface area contributed by atoms with Gasteiger partial charge in [-0.05, 0) is 32.4 Å². The fraction of sp³-hybridized carbons (Fsp3) is 0.333. The van der Waals surface area contributed by atoms with E-state index in [-0.39, 0.29) is 11.6 Å². The van der Waals surface area contributed by atoms with Crippen molar-refractivity contribution in [1.82, 2.24) is 19.9 Å². The second kappa shape index (κ2) is 6.16. The van der Waals surface area contributed by atoms with E-state index in [0.29, 0.717) is 5.95 Å². The second-order valence-corrected chi connectivity index (χ2v) is 7.80. The Bertz CT molecular complexity index is 969. The summed E-state index contributed by atoms with van der Waals surface area (Å²) in [7, 11) is 2.06. The number of hydrogen-bond donors (Lipinski definition) is 2. The minimum atomic E-state index is 0.0280. The summed E-state index contributed by atoms with van der Waals surface area (Å²) in [6, 6.07) is 10.6. The molecule has 1 aromatic carbocycles. The molecule has 1 saturated heterocycles. The Morgan fingerprint density at radius 2 is 2.08 bits per heavy atom. The van der Waals surface area contributed by atoms with Crippen LogP contribution in [0, 0.1) is 0 Å². The zero-order valence-electron chi connectivity index (χ0n) is 15.6. The van der Waals surface area contributed by atoms with Crippen molar-refractivity contribution in [2.45, 2.75) is 38.3 Å². The number of piperidine rings is 1. The van der Waals surface area contributed by atoms with Gasteiger partial charge in [-0.2, -0.15) is 0 Å². The minimum absolute atomic E-state index is 0.0280. The highest BCUT2D eigenvalue weighted by Gasteiger charge is 2.29. The van der Waals surface area contributed by atoms with Gasteiger partial charge in [0, 0.05) is 59.6 Å². The quantitative estimate of drug-likeness (QED) is 0.749. The summed E-state index contributed by atoms with van der Waals surface area (Å²) in [5.74, 6) is 0.672. The lowest BCUT2D eigenvalue weighted by Crippen LogP contribution is -2.48. The van der Waals surface area contributed by atoms with Gasteiger partial charge in [0.1, 0.15) is 0 Å². The molecule has 1 atom stereocenters. The zero-order chi connectivity index (χ0) is 18.3. The van der Waals surface area contributed by atoms with Crippen molar-refractivity contribution in [3.05, 3.63) is 55.0 Å². The molecule has 1 aliphatic rings. The maximum atomic E-state index is 4.79. The number of aryl methyl sites for hydroxylation is 1. The monoisotopic (exact) mass is 347 g/mol. The number of nitrogens with one attached hydrogen (secondary N) is 2. The highest BCUT2D eigenvalue weighted by atomic mass is 15.1. The number of benzene rings is 1. The lowest BCUT2D eigenvalue weighted by Gasteiger charge is -2.38. The molecule has 1 aliphatic heterocycles. The van der Waals surface area contributed by atoms with Gasteiger partial charge in [-0.3, -0.25) is 0 Å². The summed E-state index contributed by atoms with van der Waals surface area (Å²) >= 11 is 0. The first-order valence-corrected chi connectivity index (χ1v) is 9.01. The first kappa shape index (κ1) is 16.6. The van der Waals surface area contributed by atoms with Gasteiger partial charge >= 0.3 is 0 Å². The average Bonchev–Trinajstić information content (AvgIpc) is 2.91. The predicted octanol–water partition coefficient (Wildman–Crippen LogP) is 4.09. The van der Waals surface area contributed by atoms with Crippen LogP contribution in [0.1, 0.15) is 26.7 Å². The van der Waals surface area contributed by atoms with E-state index in [4.69, 9.17) is 4.98 Å². The summed E-state index contributed by atoms with van der Waals surface area (Å²) in [5.41, 5.74) is 4.35. The van der Waals surface area contributed by atoms with Crippen molar-refractivity contribution in [2.75, 3.05) is 5.32 Å². The smallest absolute Gasteiger partial charge is 0.223 e. The van der Waals surface area contributed by atoms with E-state index in [9.17, 15) is 0 Å². The van der Waals surface area contributed by atoms with E-state index < -0.39 is 0 Å². The number of aromatic nitrogens is 3. The normalized spacial score (nSPS) is 19.3. The second-order valence-electron chi connectivity index (χ2n) is 7.80. The molecule has 1 fully saturated rings. The molecule has 2 N–H and O–H groups in total. The molecule has 0 bridgehead atoms. The Labute approximate surface area is 154 Å². The Morgan fingerprint density at radius 3 is 2.88 bits per heavy atom. The van der Waals surface area contributed by atoms with Gasteiger partial charge in [-0.15, -0.1) is 0 Å². The first-order chi connectivity index (χ1) is 12.4. The molecule has 0 aliphatic carbocycles. The molecular formula is C21H25N5. The largest absolute Gasteiger partial charge is 0.384 e. The molecule has 3 aromatic rings. The molecule has 5 nitrogen and oxygen atoms in total. The molecular weight excluding hydrogens is 322 g/mol. The molecule has 3 heterocycles.